The van der Waals surface area contributed by atoms with Crippen molar-refractivity contribution in [2.75, 3.05) is 37.6 Å². The van der Waals surface area contributed by atoms with E-state index in [4.69, 9.17) is 4.98 Å². The van der Waals surface area contributed by atoms with E-state index in [0.717, 1.165) is 58.2 Å². The third-order valence-corrected chi connectivity index (χ3v) is 7.93. The van der Waals surface area contributed by atoms with E-state index < -0.39 is 0 Å². The second kappa shape index (κ2) is 8.36. The van der Waals surface area contributed by atoms with Gasteiger partial charge in [0.2, 0.25) is 0 Å². The molecule has 33 heavy (non-hydrogen) atoms. The van der Waals surface area contributed by atoms with Crippen molar-refractivity contribution in [1.29, 1.82) is 0 Å². The maximum absolute atomic E-state index is 13.5. The van der Waals surface area contributed by atoms with Crippen LogP contribution in [-0.2, 0) is 0 Å². The molecule has 2 saturated heterocycles. The third-order valence-electron chi connectivity index (χ3n) is 6.85. The molecule has 6 rings (SSSR count). The van der Waals surface area contributed by atoms with Gasteiger partial charge in [0.05, 0.1) is 16.8 Å². The molecule has 0 radical (unpaired) electrons. The first-order valence-corrected chi connectivity index (χ1v) is 12.2. The Morgan fingerprint density at radius 3 is 2.45 bits per heavy atom. The topological polar surface area (TPSA) is 36.4 Å². The summed E-state index contributed by atoms with van der Waals surface area (Å²) in [5, 5.41) is 0.976. The molecule has 3 aromatic carbocycles. The van der Waals surface area contributed by atoms with Gasteiger partial charge in [-0.25, -0.2) is 9.37 Å². The first kappa shape index (κ1) is 20.5. The molecule has 0 saturated carbocycles. The second-order valence-electron chi connectivity index (χ2n) is 9.06. The molecule has 3 heterocycles. The van der Waals surface area contributed by atoms with Crippen LogP contribution in [0.15, 0.2) is 72.8 Å². The number of ketones is 1. The number of benzene rings is 3. The summed E-state index contributed by atoms with van der Waals surface area (Å²) in [5.41, 5.74) is 3.73. The lowest BCUT2D eigenvalue weighted by molar-refractivity contribution is 0.0942. The molecule has 4 nitrogen and oxygen atoms in total. The lowest BCUT2D eigenvalue weighted by atomic mass is 9.97. The second-order valence-corrected chi connectivity index (χ2v) is 10.1. The number of rotatable bonds is 5. The molecule has 0 amide bonds. The van der Waals surface area contributed by atoms with E-state index in [2.05, 4.69) is 21.9 Å². The maximum Gasteiger partial charge on any atom is 0.186 e. The molecule has 0 N–H and O–H groups in total. The first-order chi connectivity index (χ1) is 16.1. The SMILES string of the molecule is O=C(CN1CC2CN(c3nc4ccc(F)cc4s3)CC2C1)c1ccccc1-c1ccccc1. The quantitative estimate of drug-likeness (QED) is 0.379. The fourth-order valence-electron chi connectivity index (χ4n) is 5.28. The van der Waals surface area contributed by atoms with Crippen LogP contribution < -0.4 is 4.90 Å². The normalized spacial score (nSPS) is 20.5. The zero-order valence-electron chi connectivity index (χ0n) is 18.2. The Morgan fingerprint density at radius 2 is 1.67 bits per heavy atom. The molecule has 2 unspecified atom stereocenters. The van der Waals surface area contributed by atoms with Crippen LogP contribution in [0.1, 0.15) is 10.4 Å². The maximum atomic E-state index is 13.5. The highest BCUT2D eigenvalue weighted by Crippen LogP contribution is 2.37. The smallest absolute Gasteiger partial charge is 0.186 e. The van der Waals surface area contributed by atoms with Crippen LogP contribution in [0.25, 0.3) is 21.3 Å². The van der Waals surface area contributed by atoms with Gasteiger partial charge in [0.25, 0.3) is 0 Å². The molecule has 6 heteroatoms. The van der Waals surface area contributed by atoms with E-state index in [-0.39, 0.29) is 11.6 Å². The lowest BCUT2D eigenvalue weighted by Gasteiger charge is -2.21. The van der Waals surface area contributed by atoms with Gasteiger partial charge in [-0.05, 0) is 41.2 Å². The Labute approximate surface area is 196 Å². The van der Waals surface area contributed by atoms with E-state index >= 15 is 0 Å². The molecule has 0 bridgehead atoms. The number of likely N-dealkylation sites (tertiary alicyclic amines) is 1. The van der Waals surface area contributed by atoms with Crippen molar-refractivity contribution in [3.8, 4) is 11.1 Å². The predicted octanol–water partition coefficient (Wildman–Crippen LogP) is 5.35. The average molecular weight is 458 g/mol. The summed E-state index contributed by atoms with van der Waals surface area (Å²) in [6.07, 6.45) is 0. The number of carbonyl (C=O) groups is 1. The van der Waals surface area contributed by atoms with Gasteiger partial charge in [-0.1, -0.05) is 65.9 Å². The van der Waals surface area contributed by atoms with Crippen molar-refractivity contribution in [3.63, 3.8) is 0 Å². The summed E-state index contributed by atoms with van der Waals surface area (Å²) in [4.78, 5) is 22.6. The van der Waals surface area contributed by atoms with Crippen LogP contribution in [0.2, 0.25) is 0 Å². The number of carbonyl (C=O) groups excluding carboxylic acids is 1. The van der Waals surface area contributed by atoms with Gasteiger partial charge in [0.1, 0.15) is 5.82 Å². The minimum absolute atomic E-state index is 0.180. The molecule has 1 aromatic heterocycles. The van der Waals surface area contributed by atoms with Gasteiger partial charge in [-0.3, -0.25) is 9.69 Å². The number of hydrogen-bond acceptors (Lipinski definition) is 5. The highest BCUT2D eigenvalue weighted by atomic mass is 32.1. The Hall–Kier alpha value is -3.09. The molecule has 0 spiro atoms. The van der Waals surface area contributed by atoms with Crippen LogP contribution in [0.3, 0.4) is 0 Å². The highest BCUT2D eigenvalue weighted by Gasteiger charge is 2.41. The number of nitrogens with zero attached hydrogens (tertiary/aromatic N) is 3. The fraction of sp³-hybridized carbons (Fsp3) is 0.259. The molecule has 166 valence electrons. The summed E-state index contributed by atoms with van der Waals surface area (Å²) in [6, 6.07) is 22.8. The number of halogens is 1. The summed E-state index contributed by atoms with van der Waals surface area (Å²) < 4.78 is 14.4. The van der Waals surface area contributed by atoms with E-state index in [0.29, 0.717) is 18.4 Å². The van der Waals surface area contributed by atoms with E-state index in [1.54, 1.807) is 23.5 Å². The number of hydrogen-bond donors (Lipinski definition) is 0. The first-order valence-electron chi connectivity index (χ1n) is 11.3. The van der Waals surface area contributed by atoms with Crippen LogP contribution >= 0.6 is 11.3 Å². The van der Waals surface area contributed by atoms with Crippen LogP contribution in [0, 0.1) is 17.7 Å². The number of Topliss-reactive ketones (excluding diaryl/α,β-unsaturated/α-hetero) is 1. The van der Waals surface area contributed by atoms with Crippen molar-refractivity contribution < 1.29 is 9.18 Å². The van der Waals surface area contributed by atoms with Gasteiger partial charge < -0.3 is 4.90 Å². The summed E-state index contributed by atoms with van der Waals surface area (Å²) in [6.45, 7) is 4.20. The number of aromatic nitrogens is 1. The summed E-state index contributed by atoms with van der Waals surface area (Å²) in [5.74, 6) is 1.03. The Bertz CT molecular complexity index is 1310. The predicted molar refractivity (Wildman–Crippen MR) is 131 cm³/mol. The van der Waals surface area contributed by atoms with Gasteiger partial charge in [-0.2, -0.15) is 0 Å². The van der Waals surface area contributed by atoms with Crippen LogP contribution in [-0.4, -0.2) is 48.4 Å². The number of thiazole rings is 1. The van der Waals surface area contributed by atoms with Crippen molar-refractivity contribution >= 4 is 32.5 Å². The van der Waals surface area contributed by atoms with Crippen molar-refractivity contribution in [1.82, 2.24) is 9.88 Å². The Balaban J connectivity index is 1.12. The minimum Gasteiger partial charge on any atom is -0.347 e. The van der Waals surface area contributed by atoms with Gasteiger partial charge in [-0.15, -0.1) is 0 Å². The Morgan fingerprint density at radius 1 is 0.939 bits per heavy atom. The largest absolute Gasteiger partial charge is 0.347 e. The van der Waals surface area contributed by atoms with Crippen molar-refractivity contribution in [2.24, 2.45) is 11.8 Å². The Kier molecular flexibility index (Phi) is 5.19. The molecular formula is C27H24FN3OS. The molecule has 0 aliphatic carbocycles. The van der Waals surface area contributed by atoms with Crippen molar-refractivity contribution in [3.05, 3.63) is 84.2 Å². The molecule has 2 fully saturated rings. The van der Waals surface area contributed by atoms with Crippen LogP contribution in [0.4, 0.5) is 9.52 Å². The standard InChI is InChI=1S/C27H24FN3OS/c28-21-10-11-24-26(12-21)33-27(29-24)31-15-19-13-30(14-20(19)16-31)17-25(32)23-9-5-4-8-22(23)18-6-2-1-3-7-18/h1-12,19-20H,13-17H2. The highest BCUT2D eigenvalue weighted by molar-refractivity contribution is 7.22. The zero-order valence-corrected chi connectivity index (χ0v) is 19.0. The summed E-state index contributed by atoms with van der Waals surface area (Å²) in [7, 11) is 0. The van der Waals surface area contributed by atoms with Crippen LogP contribution in [0.5, 0.6) is 0 Å². The van der Waals surface area contributed by atoms with E-state index in [1.165, 1.54) is 6.07 Å². The zero-order chi connectivity index (χ0) is 22.4. The van der Waals surface area contributed by atoms with Crippen molar-refractivity contribution in [2.45, 2.75) is 0 Å². The van der Waals surface area contributed by atoms with E-state index in [1.807, 2.05) is 42.5 Å². The summed E-state index contributed by atoms with van der Waals surface area (Å²) >= 11 is 1.56. The van der Waals surface area contributed by atoms with Gasteiger partial charge >= 0.3 is 0 Å². The average Bonchev–Trinajstić information content (AvgIpc) is 3.52. The molecular weight excluding hydrogens is 433 g/mol. The monoisotopic (exact) mass is 457 g/mol. The fourth-order valence-corrected chi connectivity index (χ4v) is 6.29. The lowest BCUT2D eigenvalue weighted by Crippen LogP contribution is -2.32. The molecule has 2 aliphatic heterocycles. The minimum atomic E-state index is -0.217. The van der Waals surface area contributed by atoms with E-state index in [9.17, 15) is 9.18 Å². The number of anilines is 1. The van der Waals surface area contributed by atoms with Gasteiger partial charge in [0, 0.05) is 31.7 Å². The number of fused-ring (bicyclic) bond motifs is 2. The third kappa shape index (κ3) is 3.94. The molecule has 2 aliphatic rings. The molecule has 4 aromatic rings. The van der Waals surface area contributed by atoms with Gasteiger partial charge in [0.15, 0.2) is 10.9 Å². The molecule has 2 atom stereocenters.